The molecule has 90 valence electrons. The van der Waals surface area contributed by atoms with Crippen LogP contribution in [0.4, 0.5) is 0 Å². The van der Waals surface area contributed by atoms with Gasteiger partial charge in [0.05, 0.1) is 12.4 Å². The number of nitrogens with zero attached hydrogens (tertiary/aromatic N) is 2. The van der Waals surface area contributed by atoms with Crippen LogP contribution in [0, 0.1) is 0 Å². The number of amides is 2. The molecule has 0 bridgehead atoms. The molecule has 1 atom stereocenters. The van der Waals surface area contributed by atoms with Gasteiger partial charge in [-0.15, -0.1) is 0 Å². The molecule has 0 radical (unpaired) electrons. The molecule has 1 aromatic rings. The largest absolute Gasteiger partial charge is 0.354 e. The zero-order valence-corrected chi connectivity index (χ0v) is 9.70. The molecule has 1 fully saturated rings. The average Bonchev–Trinajstić information content (AvgIpc) is 2.32. The van der Waals surface area contributed by atoms with Crippen molar-refractivity contribution in [2.45, 2.75) is 18.9 Å². The van der Waals surface area contributed by atoms with Crippen molar-refractivity contribution in [2.75, 3.05) is 6.54 Å². The van der Waals surface area contributed by atoms with E-state index in [9.17, 15) is 9.59 Å². The number of nitrogens with one attached hydrogen (secondary N) is 2. The summed E-state index contributed by atoms with van der Waals surface area (Å²) in [4.78, 5) is 30.8. The highest BCUT2D eigenvalue weighted by Gasteiger charge is 2.24. The van der Waals surface area contributed by atoms with E-state index in [-0.39, 0.29) is 16.8 Å². The van der Waals surface area contributed by atoms with Crippen LogP contribution >= 0.6 is 11.6 Å². The summed E-state index contributed by atoms with van der Waals surface area (Å²) in [5, 5.41) is 5.43. The first-order chi connectivity index (χ1) is 8.16. The standard InChI is InChI=1S/C10H11ClN4O2/c11-8-5-12-4-7(14-8)10(17)15-6-2-1-3-13-9(6)16/h4-6H,1-3H2,(H,13,16)(H,15,17). The van der Waals surface area contributed by atoms with E-state index in [0.717, 1.165) is 6.42 Å². The number of carbonyl (C=O) groups excluding carboxylic acids is 2. The van der Waals surface area contributed by atoms with Gasteiger partial charge < -0.3 is 10.6 Å². The molecule has 2 N–H and O–H groups in total. The molecular formula is C10H11ClN4O2. The number of piperidine rings is 1. The molecule has 6 nitrogen and oxygen atoms in total. The van der Waals surface area contributed by atoms with Gasteiger partial charge in [-0.25, -0.2) is 4.98 Å². The van der Waals surface area contributed by atoms with E-state index in [0.29, 0.717) is 13.0 Å². The van der Waals surface area contributed by atoms with Gasteiger partial charge in [0.15, 0.2) is 0 Å². The molecule has 2 amide bonds. The quantitative estimate of drug-likeness (QED) is 0.786. The van der Waals surface area contributed by atoms with Gasteiger partial charge in [0.1, 0.15) is 16.9 Å². The monoisotopic (exact) mass is 254 g/mol. The molecule has 0 aliphatic carbocycles. The maximum absolute atomic E-state index is 11.8. The molecule has 17 heavy (non-hydrogen) atoms. The summed E-state index contributed by atoms with van der Waals surface area (Å²) < 4.78 is 0. The minimum Gasteiger partial charge on any atom is -0.354 e. The van der Waals surface area contributed by atoms with E-state index < -0.39 is 11.9 Å². The SMILES string of the molecule is O=C(NC1CCCNC1=O)c1cncc(Cl)n1. The van der Waals surface area contributed by atoms with Crippen molar-refractivity contribution in [3.8, 4) is 0 Å². The second-order valence-corrected chi connectivity index (χ2v) is 4.07. The van der Waals surface area contributed by atoms with Crippen molar-refractivity contribution in [2.24, 2.45) is 0 Å². The van der Waals surface area contributed by atoms with Crippen LogP contribution in [0.25, 0.3) is 0 Å². The Hall–Kier alpha value is -1.69. The second-order valence-electron chi connectivity index (χ2n) is 3.69. The Bertz CT molecular complexity index is 452. The lowest BCUT2D eigenvalue weighted by Gasteiger charge is -2.22. The zero-order valence-electron chi connectivity index (χ0n) is 8.94. The fraction of sp³-hybridized carbons (Fsp3) is 0.400. The first kappa shape index (κ1) is 11.8. The topological polar surface area (TPSA) is 84.0 Å². The van der Waals surface area contributed by atoms with Crippen molar-refractivity contribution in [3.63, 3.8) is 0 Å². The Morgan fingerprint density at radius 2 is 2.35 bits per heavy atom. The van der Waals surface area contributed by atoms with Crippen molar-refractivity contribution in [3.05, 3.63) is 23.2 Å². The minimum atomic E-state index is -0.503. The second kappa shape index (κ2) is 5.09. The van der Waals surface area contributed by atoms with Crippen LogP contribution in [0.2, 0.25) is 5.15 Å². The first-order valence-corrected chi connectivity index (χ1v) is 5.61. The first-order valence-electron chi connectivity index (χ1n) is 5.23. The molecule has 0 saturated carbocycles. The summed E-state index contributed by atoms with van der Waals surface area (Å²) in [6, 6.07) is -0.503. The Kier molecular flexibility index (Phi) is 3.53. The molecular weight excluding hydrogens is 244 g/mol. The van der Waals surface area contributed by atoms with Crippen molar-refractivity contribution < 1.29 is 9.59 Å². The third-order valence-corrected chi connectivity index (χ3v) is 2.61. The highest BCUT2D eigenvalue weighted by atomic mass is 35.5. The van der Waals surface area contributed by atoms with Gasteiger partial charge in [-0.3, -0.25) is 14.6 Å². The number of rotatable bonds is 2. The van der Waals surface area contributed by atoms with E-state index in [2.05, 4.69) is 20.6 Å². The van der Waals surface area contributed by atoms with Crippen molar-refractivity contribution in [1.82, 2.24) is 20.6 Å². The summed E-state index contributed by atoms with van der Waals surface area (Å²) >= 11 is 5.63. The highest BCUT2D eigenvalue weighted by molar-refractivity contribution is 6.29. The average molecular weight is 255 g/mol. The van der Waals surface area contributed by atoms with Crippen molar-refractivity contribution >= 4 is 23.4 Å². The number of hydrogen-bond donors (Lipinski definition) is 2. The third kappa shape index (κ3) is 2.91. The van der Waals surface area contributed by atoms with E-state index in [1.54, 1.807) is 0 Å². The van der Waals surface area contributed by atoms with Gasteiger partial charge in [0, 0.05) is 6.54 Å². The van der Waals surface area contributed by atoms with Gasteiger partial charge in [-0.1, -0.05) is 11.6 Å². The predicted molar refractivity (Wildman–Crippen MR) is 60.5 cm³/mol. The summed E-state index contributed by atoms with van der Waals surface area (Å²) in [7, 11) is 0. The van der Waals surface area contributed by atoms with Crippen LogP contribution in [0.3, 0.4) is 0 Å². The lowest BCUT2D eigenvalue weighted by atomic mass is 10.1. The number of carbonyl (C=O) groups is 2. The molecule has 1 saturated heterocycles. The fourth-order valence-electron chi connectivity index (χ4n) is 1.59. The molecule has 1 aromatic heterocycles. The maximum Gasteiger partial charge on any atom is 0.272 e. The molecule has 0 spiro atoms. The number of halogens is 1. The van der Waals surface area contributed by atoms with Gasteiger partial charge in [-0.2, -0.15) is 0 Å². The highest BCUT2D eigenvalue weighted by Crippen LogP contribution is 2.06. The van der Waals surface area contributed by atoms with Gasteiger partial charge in [0.25, 0.3) is 5.91 Å². The summed E-state index contributed by atoms with van der Waals surface area (Å²) in [6.07, 6.45) is 4.12. The molecule has 1 aliphatic rings. The molecule has 7 heteroatoms. The molecule has 2 heterocycles. The van der Waals surface area contributed by atoms with Crippen LogP contribution in [-0.4, -0.2) is 34.4 Å². The Labute approximate surface area is 103 Å². The number of hydrogen-bond acceptors (Lipinski definition) is 4. The van der Waals surface area contributed by atoms with E-state index in [4.69, 9.17) is 11.6 Å². The summed E-state index contributed by atoms with van der Waals surface area (Å²) in [5.74, 6) is -0.610. The van der Waals surface area contributed by atoms with Crippen molar-refractivity contribution in [1.29, 1.82) is 0 Å². The van der Waals surface area contributed by atoms with E-state index >= 15 is 0 Å². The Morgan fingerprint density at radius 3 is 3.06 bits per heavy atom. The van der Waals surface area contributed by atoms with Crippen LogP contribution in [0.1, 0.15) is 23.3 Å². The van der Waals surface area contributed by atoms with Crippen LogP contribution < -0.4 is 10.6 Å². The summed E-state index contributed by atoms with van der Waals surface area (Å²) in [6.45, 7) is 0.655. The molecule has 2 rings (SSSR count). The summed E-state index contributed by atoms with van der Waals surface area (Å²) in [5.41, 5.74) is 0.107. The third-order valence-electron chi connectivity index (χ3n) is 2.43. The van der Waals surface area contributed by atoms with Crippen LogP contribution in [-0.2, 0) is 4.79 Å². The van der Waals surface area contributed by atoms with Gasteiger partial charge in [-0.05, 0) is 12.8 Å². The smallest absolute Gasteiger partial charge is 0.272 e. The Balaban J connectivity index is 2.03. The zero-order chi connectivity index (χ0) is 12.3. The van der Waals surface area contributed by atoms with Crippen LogP contribution in [0.5, 0.6) is 0 Å². The maximum atomic E-state index is 11.8. The van der Waals surface area contributed by atoms with Gasteiger partial charge in [0.2, 0.25) is 5.91 Å². The van der Waals surface area contributed by atoms with E-state index in [1.165, 1.54) is 12.4 Å². The Morgan fingerprint density at radius 1 is 1.53 bits per heavy atom. The molecule has 1 unspecified atom stereocenters. The van der Waals surface area contributed by atoms with Crippen LogP contribution in [0.15, 0.2) is 12.4 Å². The lowest BCUT2D eigenvalue weighted by molar-refractivity contribution is -0.124. The normalized spacial score (nSPS) is 19.6. The predicted octanol–water partition coefficient (Wildman–Crippen LogP) is 0.138. The fourth-order valence-corrected chi connectivity index (χ4v) is 1.74. The lowest BCUT2D eigenvalue weighted by Crippen LogP contribution is -2.50. The number of aromatic nitrogens is 2. The minimum absolute atomic E-state index is 0.107. The molecule has 1 aliphatic heterocycles. The van der Waals surface area contributed by atoms with E-state index in [1.807, 2.05) is 0 Å². The van der Waals surface area contributed by atoms with Gasteiger partial charge >= 0.3 is 0 Å². The molecule has 0 aromatic carbocycles.